The van der Waals surface area contributed by atoms with E-state index >= 15 is 0 Å². The first-order valence-corrected chi connectivity index (χ1v) is 6.72. The van der Waals surface area contributed by atoms with E-state index in [1.54, 1.807) is 0 Å². The van der Waals surface area contributed by atoms with Crippen molar-refractivity contribution in [2.75, 3.05) is 18.9 Å². The van der Waals surface area contributed by atoms with Crippen LogP contribution in [0, 0.1) is 6.92 Å². The fourth-order valence-corrected chi connectivity index (χ4v) is 2.46. The first-order chi connectivity index (χ1) is 8.65. The summed E-state index contributed by atoms with van der Waals surface area (Å²) in [6.45, 7) is 3.16. The molecule has 1 amide bonds. The molecule has 98 valence electrons. The van der Waals surface area contributed by atoms with Crippen LogP contribution < -0.4 is 5.32 Å². The molecule has 1 fully saturated rings. The first-order valence-electron chi connectivity index (χ1n) is 6.72. The van der Waals surface area contributed by atoms with Crippen LogP contribution >= 0.6 is 0 Å². The minimum atomic E-state index is 0.123. The molecular formula is C15H22N2O. The molecule has 18 heavy (non-hydrogen) atoms. The number of benzene rings is 1. The van der Waals surface area contributed by atoms with Crippen molar-refractivity contribution in [2.45, 2.75) is 38.6 Å². The van der Waals surface area contributed by atoms with Gasteiger partial charge in [0.05, 0.1) is 0 Å². The van der Waals surface area contributed by atoms with Gasteiger partial charge in [-0.05, 0) is 45.5 Å². The second-order valence-corrected chi connectivity index (χ2v) is 5.25. The molecule has 1 aromatic rings. The average molecular weight is 246 g/mol. The molecule has 0 saturated carbocycles. The summed E-state index contributed by atoms with van der Waals surface area (Å²) >= 11 is 0. The highest BCUT2D eigenvalue weighted by molar-refractivity contribution is 5.91. The van der Waals surface area contributed by atoms with Gasteiger partial charge in [-0.25, -0.2) is 0 Å². The van der Waals surface area contributed by atoms with E-state index in [0.717, 1.165) is 18.7 Å². The SMILES string of the molecule is Cc1ccc(NC(=O)CC2CCCCN2C)cc1. The van der Waals surface area contributed by atoms with Gasteiger partial charge in [0.15, 0.2) is 0 Å². The number of likely N-dealkylation sites (tertiary alicyclic amines) is 1. The number of piperidine rings is 1. The van der Waals surface area contributed by atoms with Gasteiger partial charge in [-0.3, -0.25) is 4.79 Å². The maximum atomic E-state index is 12.0. The van der Waals surface area contributed by atoms with Gasteiger partial charge in [0.2, 0.25) is 5.91 Å². The molecular weight excluding hydrogens is 224 g/mol. The maximum Gasteiger partial charge on any atom is 0.225 e. The van der Waals surface area contributed by atoms with Crippen LogP contribution in [0.25, 0.3) is 0 Å². The summed E-state index contributed by atoms with van der Waals surface area (Å²) < 4.78 is 0. The number of hydrogen-bond donors (Lipinski definition) is 1. The van der Waals surface area contributed by atoms with Crippen molar-refractivity contribution < 1.29 is 4.79 Å². The van der Waals surface area contributed by atoms with Gasteiger partial charge >= 0.3 is 0 Å². The third kappa shape index (κ3) is 3.57. The van der Waals surface area contributed by atoms with E-state index < -0.39 is 0 Å². The molecule has 1 N–H and O–H groups in total. The van der Waals surface area contributed by atoms with Gasteiger partial charge < -0.3 is 10.2 Å². The summed E-state index contributed by atoms with van der Waals surface area (Å²) in [6.07, 6.45) is 4.24. The Labute approximate surface area is 109 Å². The Morgan fingerprint density at radius 2 is 2.06 bits per heavy atom. The summed E-state index contributed by atoms with van der Waals surface area (Å²) in [5.74, 6) is 0.123. The fourth-order valence-electron chi connectivity index (χ4n) is 2.46. The average Bonchev–Trinajstić information content (AvgIpc) is 2.35. The van der Waals surface area contributed by atoms with Crippen LogP contribution in [0.15, 0.2) is 24.3 Å². The number of anilines is 1. The molecule has 0 bridgehead atoms. The van der Waals surface area contributed by atoms with Gasteiger partial charge in [0, 0.05) is 18.2 Å². The molecule has 1 saturated heterocycles. The molecule has 3 heteroatoms. The van der Waals surface area contributed by atoms with E-state index in [0.29, 0.717) is 12.5 Å². The van der Waals surface area contributed by atoms with Crippen LogP contribution in [0.3, 0.4) is 0 Å². The second-order valence-electron chi connectivity index (χ2n) is 5.25. The van der Waals surface area contributed by atoms with Crippen molar-refractivity contribution in [1.29, 1.82) is 0 Å². The molecule has 0 radical (unpaired) electrons. The lowest BCUT2D eigenvalue weighted by molar-refractivity contribution is -0.117. The number of nitrogens with zero attached hydrogens (tertiary/aromatic N) is 1. The zero-order valence-electron chi connectivity index (χ0n) is 11.3. The normalized spacial score (nSPS) is 20.7. The number of rotatable bonds is 3. The summed E-state index contributed by atoms with van der Waals surface area (Å²) in [6, 6.07) is 8.35. The number of carbonyl (C=O) groups is 1. The Morgan fingerprint density at radius 1 is 1.33 bits per heavy atom. The van der Waals surface area contributed by atoms with E-state index in [1.165, 1.54) is 18.4 Å². The highest BCUT2D eigenvalue weighted by Crippen LogP contribution is 2.18. The summed E-state index contributed by atoms with van der Waals surface area (Å²) in [5, 5.41) is 2.97. The smallest absolute Gasteiger partial charge is 0.225 e. The van der Waals surface area contributed by atoms with Crippen LogP contribution in [0.4, 0.5) is 5.69 Å². The predicted molar refractivity (Wildman–Crippen MR) is 74.7 cm³/mol. The fraction of sp³-hybridized carbons (Fsp3) is 0.533. The summed E-state index contributed by atoms with van der Waals surface area (Å²) in [4.78, 5) is 14.3. The minimum absolute atomic E-state index is 0.123. The molecule has 1 aromatic carbocycles. The molecule has 1 heterocycles. The van der Waals surface area contributed by atoms with Crippen molar-refractivity contribution in [3.63, 3.8) is 0 Å². The van der Waals surface area contributed by atoms with Crippen molar-refractivity contribution in [3.05, 3.63) is 29.8 Å². The highest BCUT2D eigenvalue weighted by atomic mass is 16.1. The minimum Gasteiger partial charge on any atom is -0.326 e. The van der Waals surface area contributed by atoms with Crippen LogP contribution in [-0.4, -0.2) is 30.4 Å². The lowest BCUT2D eigenvalue weighted by atomic mass is 10.00. The number of aryl methyl sites for hydroxylation is 1. The van der Waals surface area contributed by atoms with E-state index in [2.05, 4.69) is 17.3 Å². The standard InChI is InChI=1S/C15H22N2O/c1-12-6-8-13(9-7-12)16-15(18)11-14-5-3-4-10-17(14)2/h6-9,14H,3-5,10-11H2,1-2H3,(H,16,18). The number of hydrogen-bond acceptors (Lipinski definition) is 2. The molecule has 1 aliphatic heterocycles. The molecule has 3 nitrogen and oxygen atoms in total. The Balaban J connectivity index is 1.86. The van der Waals surface area contributed by atoms with Crippen LogP contribution in [0.2, 0.25) is 0 Å². The molecule has 1 atom stereocenters. The second kappa shape index (κ2) is 6.01. The van der Waals surface area contributed by atoms with Gasteiger partial charge in [0.1, 0.15) is 0 Å². The maximum absolute atomic E-state index is 12.0. The topological polar surface area (TPSA) is 32.3 Å². The van der Waals surface area contributed by atoms with Crippen LogP contribution in [0.5, 0.6) is 0 Å². The molecule has 1 aliphatic rings. The zero-order valence-corrected chi connectivity index (χ0v) is 11.3. The first kappa shape index (κ1) is 13.1. The summed E-state index contributed by atoms with van der Waals surface area (Å²) in [7, 11) is 2.11. The van der Waals surface area contributed by atoms with E-state index in [4.69, 9.17) is 0 Å². The van der Waals surface area contributed by atoms with E-state index in [-0.39, 0.29) is 5.91 Å². The van der Waals surface area contributed by atoms with Crippen molar-refractivity contribution in [2.24, 2.45) is 0 Å². The third-order valence-corrected chi connectivity index (χ3v) is 3.68. The molecule has 2 rings (SSSR count). The van der Waals surface area contributed by atoms with E-state index in [1.807, 2.05) is 31.2 Å². The largest absolute Gasteiger partial charge is 0.326 e. The zero-order chi connectivity index (χ0) is 13.0. The highest BCUT2D eigenvalue weighted by Gasteiger charge is 2.21. The number of amides is 1. The van der Waals surface area contributed by atoms with Crippen LogP contribution in [0.1, 0.15) is 31.2 Å². The van der Waals surface area contributed by atoms with Crippen molar-refractivity contribution >= 4 is 11.6 Å². The Kier molecular flexibility index (Phi) is 4.37. The van der Waals surface area contributed by atoms with Crippen molar-refractivity contribution in [3.8, 4) is 0 Å². The Bertz CT molecular complexity index is 399. The van der Waals surface area contributed by atoms with Gasteiger partial charge in [-0.2, -0.15) is 0 Å². The molecule has 0 aromatic heterocycles. The third-order valence-electron chi connectivity index (χ3n) is 3.68. The predicted octanol–water partition coefficient (Wildman–Crippen LogP) is 2.81. The van der Waals surface area contributed by atoms with Crippen molar-refractivity contribution in [1.82, 2.24) is 4.90 Å². The lowest BCUT2D eigenvalue weighted by Gasteiger charge is -2.31. The lowest BCUT2D eigenvalue weighted by Crippen LogP contribution is -2.38. The van der Waals surface area contributed by atoms with Crippen LogP contribution in [-0.2, 0) is 4.79 Å². The number of nitrogens with one attached hydrogen (secondary N) is 1. The quantitative estimate of drug-likeness (QED) is 0.889. The van der Waals surface area contributed by atoms with Gasteiger partial charge in [0.25, 0.3) is 0 Å². The molecule has 1 unspecified atom stereocenters. The van der Waals surface area contributed by atoms with Gasteiger partial charge in [-0.15, -0.1) is 0 Å². The number of carbonyl (C=O) groups excluding carboxylic acids is 1. The Morgan fingerprint density at radius 3 is 2.72 bits per heavy atom. The molecule has 0 aliphatic carbocycles. The summed E-state index contributed by atoms with van der Waals surface area (Å²) in [5.41, 5.74) is 2.10. The van der Waals surface area contributed by atoms with Gasteiger partial charge in [-0.1, -0.05) is 24.1 Å². The molecule has 0 spiro atoms. The monoisotopic (exact) mass is 246 g/mol. The Hall–Kier alpha value is -1.35. The van der Waals surface area contributed by atoms with E-state index in [9.17, 15) is 4.79 Å².